The summed E-state index contributed by atoms with van der Waals surface area (Å²) in [6, 6.07) is 0. The fourth-order valence-electron chi connectivity index (χ4n) is 13.3. The van der Waals surface area contributed by atoms with Crippen molar-refractivity contribution < 1.29 is 75.8 Å². The van der Waals surface area contributed by atoms with Crippen LogP contribution in [-0.4, -0.2) is 95.9 Å². The number of carbonyl (C=O) groups excluding carboxylic acids is 3. The number of aliphatic hydroxyl groups excluding tert-OH is 2. The Morgan fingerprint density at radius 1 is 0.240 bits per heavy atom. The molecule has 0 aromatic rings. The molecule has 0 aliphatic rings. The van der Waals surface area contributed by atoms with Crippen molar-refractivity contribution in [1.29, 1.82) is 0 Å². The van der Waals surface area contributed by atoms with Crippen LogP contribution in [0.25, 0.3) is 0 Å². The number of esters is 3. The summed E-state index contributed by atoms with van der Waals surface area (Å²) in [7, 11) is -9.82. The highest BCUT2D eigenvalue weighted by Gasteiger charge is 2.30. The summed E-state index contributed by atoms with van der Waals surface area (Å²) in [5, 5.41) is 20.8. The molecule has 0 saturated heterocycles. The van der Waals surface area contributed by atoms with Crippen LogP contribution in [0.3, 0.4) is 0 Å². The SMILES string of the molecule is CC/C=C\C/C=C\C/C=C\C/C=C\C/C=C\CCCCCCCCCCCCCCCCCC(=O)OCC(O)COP(=O)(O)OCC(O)COP(=O)(O)OCC(COC(=O)CCCCCCCCCCCCC/C=C\C/C=C\C/C=C\C/C=C\CCCCC)OC(=O)CCCCCCCCCCCCC/C=C\C/C=C\C/C=C\C/C=C\CCCCC. The summed E-state index contributed by atoms with van der Waals surface area (Å²) in [6.45, 7) is 2.57. The van der Waals surface area contributed by atoms with Gasteiger partial charge in [-0.2, -0.15) is 0 Å². The second kappa shape index (κ2) is 94.3. The van der Waals surface area contributed by atoms with E-state index in [4.69, 9.17) is 32.3 Å². The molecule has 0 amide bonds. The minimum absolute atomic E-state index is 0.0974. The molecule has 121 heavy (non-hydrogen) atoms. The molecule has 0 radical (unpaired) electrons. The van der Waals surface area contributed by atoms with Gasteiger partial charge in [-0.25, -0.2) is 9.13 Å². The van der Waals surface area contributed by atoms with Crippen LogP contribution in [0.5, 0.6) is 0 Å². The molecule has 5 atom stereocenters. The summed E-state index contributed by atoms with van der Waals surface area (Å²) in [4.78, 5) is 59.1. The Hall–Kier alpha value is -4.83. The fourth-order valence-corrected chi connectivity index (χ4v) is 14.9. The number of aliphatic hydroxyl groups is 2. The molecule has 0 fully saturated rings. The van der Waals surface area contributed by atoms with E-state index >= 15 is 0 Å². The van der Waals surface area contributed by atoms with E-state index in [1.165, 1.54) is 205 Å². The summed E-state index contributed by atoms with van der Waals surface area (Å²) in [6.07, 6.45) is 121. The van der Waals surface area contributed by atoms with Crippen LogP contribution in [0.2, 0.25) is 0 Å². The van der Waals surface area contributed by atoms with Crippen molar-refractivity contribution in [2.45, 2.75) is 437 Å². The number of carbonyl (C=O) groups is 3. The Labute approximate surface area is 740 Å². The average Bonchev–Trinajstić information content (AvgIpc) is 0.908. The normalized spacial score (nSPS) is 14.4. The standard InChI is InChI=1S/C103H178O16P2/c1-4-7-10-13-16-19-22-25-28-31-34-37-40-43-46-47-48-49-52-54-56-59-62-65-68-71-74-77-80-83-86-89-101(106)113-92-98(104)93-115-120(109,110)116-94-99(105)95-117-121(111,112)118-97-100(119-103(108)91-88-85-82-79-76-73-70-67-64-61-58-55-51-45-42-39-36-33-30-27-24-21-18-15-12-9-6-3)96-114-102(107)90-87-84-81-78-75-72-69-66-63-60-57-53-50-44-41-38-35-32-29-26-23-20-17-14-11-8-5-2/h7,10,16-21,25-30,34-39,43-46,50-51,98-100,104-105H,4-6,8-9,11-15,22-24,31-33,40-42,47-49,52-97H2,1-3H3,(H,109,110)(H,111,112)/b10-7-,19-16-,20-17-,21-18-,28-25-,29-26-,30-27-,37-34-,38-35-,39-36-,46-43-,50-44-,51-45-. The second-order valence-electron chi connectivity index (χ2n) is 32.5. The number of phosphoric acid groups is 2. The predicted octanol–water partition coefficient (Wildman–Crippen LogP) is 30.5. The van der Waals surface area contributed by atoms with E-state index in [-0.39, 0.29) is 19.3 Å². The zero-order valence-corrected chi connectivity index (χ0v) is 78.7. The first-order valence-electron chi connectivity index (χ1n) is 48.8. The van der Waals surface area contributed by atoms with Crippen LogP contribution in [0, 0.1) is 0 Å². The van der Waals surface area contributed by atoms with Gasteiger partial charge in [-0.05, 0) is 154 Å². The van der Waals surface area contributed by atoms with Crippen molar-refractivity contribution in [3.8, 4) is 0 Å². The molecule has 0 aliphatic carbocycles. The molecular weight excluding hydrogens is 1560 g/mol. The molecule has 0 saturated carbocycles. The first-order valence-corrected chi connectivity index (χ1v) is 51.8. The molecule has 696 valence electrons. The lowest BCUT2D eigenvalue weighted by atomic mass is 10.0. The van der Waals surface area contributed by atoms with Gasteiger partial charge in [0.15, 0.2) is 6.10 Å². The van der Waals surface area contributed by atoms with Crippen molar-refractivity contribution in [2.24, 2.45) is 0 Å². The van der Waals surface area contributed by atoms with Crippen molar-refractivity contribution in [1.82, 2.24) is 0 Å². The van der Waals surface area contributed by atoms with E-state index in [0.717, 1.165) is 154 Å². The Balaban J connectivity index is 4.63. The predicted molar refractivity (Wildman–Crippen MR) is 509 cm³/mol. The van der Waals surface area contributed by atoms with E-state index < -0.39 is 91.5 Å². The van der Waals surface area contributed by atoms with E-state index in [0.29, 0.717) is 19.3 Å². The molecule has 16 nitrogen and oxygen atoms in total. The maximum atomic E-state index is 13.1. The summed E-state index contributed by atoms with van der Waals surface area (Å²) >= 11 is 0. The lowest BCUT2D eigenvalue weighted by molar-refractivity contribution is -0.161. The first-order chi connectivity index (χ1) is 59.2. The Morgan fingerprint density at radius 3 is 0.694 bits per heavy atom. The maximum Gasteiger partial charge on any atom is 0.472 e. The van der Waals surface area contributed by atoms with Gasteiger partial charge >= 0.3 is 33.6 Å². The molecule has 0 aliphatic heterocycles. The van der Waals surface area contributed by atoms with Gasteiger partial charge in [0.25, 0.3) is 0 Å². The highest BCUT2D eigenvalue weighted by Crippen LogP contribution is 2.45. The molecule has 5 unspecified atom stereocenters. The van der Waals surface area contributed by atoms with Crippen molar-refractivity contribution >= 4 is 33.6 Å². The van der Waals surface area contributed by atoms with Crippen LogP contribution < -0.4 is 0 Å². The first kappa shape index (κ1) is 116. The summed E-state index contributed by atoms with van der Waals surface area (Å²) in [5.41, 5.74) is 0. The number of unbranched alkanes of at least 4 members (excludes halogenated alkanes) is 43. The topological polar surface area (TPSA) is 231 Å². The number of phosphoric ester groups is 2. The minimum Gasteiger partial charge on any atom is -0.463 e. The third-order valence-corrected chi connectivity index (χ3v) is 22.6. The lowest BCUT2D eigenvalue weighted by Gasteiger charge is -2.21. The van der Waals surface area contributed by atoms with Gasteiger partial charge in [0.1, 0.15) is 25.4 Å². The Morgan fingerprint density at radius 2 is 0.438 bits per heavy atom. The minimum atomic E-state index is -4.95. The maximum absolute atomic E-state index is 13.1. The van der Waals surface area contributed by atoms with Crippen LogP contribution in [0.1, 0.15) is 419 Å². The Kier molecular flexibility index (Phi) is 90.5. The van der Waals surface area contributed by atoms with Crippen LogP contribution in [0.15, 0.2) is 158 Å². The highest BCUT2D eigenvalue weighted by atomic mass is 31.2. The molecule has 0 heterocycles. The van der Waals surface area contributed by atoms with E-state index in [1.54, 1.807) is 0 Å². The third kappa shape index (κ3) is 95.7. The second-order valence-corrected chi connectivity index (χ2v) is 35.4. The van der Waals surface area contributed by atoms with Crippen LogP contribution in [0.4, 0.5) is 0 Å². The molecule has 0 rings (SSSR count). The van der Waals surface area contributed by atoms with Gasteiger partial charge in [-0.1, -0.05) is 403 Å². The lowest BCUT2D eigenvalue weighted by Crippen LogP contribution is -2.30. The zero-order chi connectivity index (χ0) is 87.9. The number of rotatable bonds is 92. The third-order valence-electron chi connectivity index (χ3n) is 20.7. The van der Waals surface area contributed by atoms with Crippen LogP contribution >= 0.6 is 15.6 Å². The van der Waals surface area contributed by atoms with Gasteiger partial charge in [0, 0.05) is 19.3 Å². The molecule has 0 aromatic carbocycles. The smallest absolute Gasteiger partial charge is 0.463 e. The summed E-state index contributed by atoms with van der Waals surface area (Å²) in [5.74, 6) is -1.57. The van der Waals surface area contributed by atoms with Gasteiger partial charge in [0.2, 0.25) is 0 Å². The molecule has 18 heteroatoms. The molecule has 0 spiro atoms. The zero-order valence-electron chi connectivity index (χ0n) is 76.9. The fraction of sp³-hybridized carbons (Fsp3) is 0.718. The molecular formula is C103H178O16P2. The van der Waals surface area contributed by atoms with Crippen molar-refractivity contribution in [3.05, 3.63) is 158 Å². The van der Waals surface area contributed by atoms with Crippen molar-refractivity contribution in [2.75, 3.05) is 39.6 Å². The Bertz CT molecular complexity index is 2830. The number of allylic oxidation sites excluding steroid dienone is 26. The molecule has 0 bridgehead atoms. The number of hydrogen-bond acceptors (Lipinski definition) is 14. The number of hydrogen-bond donors (Lipinski definition) is 4. The van der Waals surface area contributed by atoms with Crippen LogP contribution in [-0.2, 0) is 55.8 Å². The highest BCUT2D eigenvalue weighted by molar-refractivity contribution is 7.47. The largest absolute Gasteiger partial charge is 0.472 e. The van der Waals surface area contributed by atoms with Crippen molar-refractivity contribution in [3.63, 3.8) is 0 Å². The summed E-state index contributed by atoms with van der Waals surface area (Å²) < 4.78 is 61.6. The molecule has 0 aromatic heterocycles. The monoisotopic (exact) mass is 1730 g/mol. The molecule has 4 N–H and O–H groups in total. The van der Waals surface area contributed by atoms with E-state index in [2.05, 4.69) is 179 Å². The van der Waals surface area contributed by atoms with Gasteiger partial charge in [-0.3, -0.25) is 32.5 Å². The van der Waals surface area contributed by atoms with E-state index in [1.807, 2.05) is 0 Å². The van der Waals surface area contributed by atoms with Gasteiger partial charge in [0.05, 0.1) is 26.4 Å². The quantitative estimate of drug-likeness (QED) is 0.0146. The van der Waals surface area contributed by atoms with Gasteiger partial charge in [-0.15, -0.1) is 0 Å². The van der Waals surface area contributed by atoms with Gasteiger partial charge < -0.3 is 34.2 Å². The van der Waals surface area contributed by atoms with E-state index in [9.17, 15) is 43.5 Å². The average molecular weight is 1730 g/mol. The number of ether oxygens (including phenoxy) is 3.